The molecule has 0 atom stereocenters. The largest absolute Gasteiger partial charge is 0.497 e. The van der Waals surface area contributed by atoms with Gasteiger partial charge >= 0.3 is 0 Å². The van der Waals surface area contributed by atoms with Crippen molar-refractivity contribution in [1.82, 2.24) is 0 Å². The maximum absolute atomic E-state index is 11.1. The van der Waals surface area contributed by atoms with Crippen LogP contribution in [0.25, 0.3) is 0 Å². The summed E-state index contributed by atoms with van der Waals surface area (Å²) in [5, 5.41) is 12.5. The minimum atomic E-state index is -0.206. The topological polar surface area (TPSA) is 88.1 Å². The van der Waals surface area contributed by atoms with Crippen LogP contribution in [0.4, 0.5) is 5.69 Å². The van der Waals surface area contributed by atoms with E-state index in [2.05, 4.69) is 11.4 Å². The Balaban J connectivity index is 2.04. The molecule has 5 heteroatoms. The third-order valence-corrected chi connectivity index (χ3v) is 3.84. The van der Waals surface area contributed by atoms with Crippen LogP contribution in [0.5, 0.6) is 5.75 Å². The predicted molar refractivity (Wildman–Crippen MR) is 76.3 cm³/mol. The maximum Gasteiger partial charge on any atom is 0.220 e. The number of nitrogens with one attached hydrogen (secondary N) is 1. The van der Waals surface area contributed by atoms with E-state index in [1.807, 2.05) is 6.07 Å². The average Bonchev–Trinajstić information content (AvgIpc) is 2.47. The van der Waals surface area contributed by atoms with Crippen molar-refractivity contribution in [2.75, 3.05) is 12.4 Å². The number of nitrogens with two attached hydrogens (primary N) is 1. The molecule has 1 aromatic rings. The summed E-state index contributed by atoms with van der Waals surface area (Å²) in [6.07, 6.45) is 3.38. The van der Waals surface area contributed by atoms with E-state index < -0.39 is 0 Å². The maximum atomic E-state index is 11.1. The van der Waals surface area contributed by atoms with Gasteiger partial charge in [-0.2, -0.15) is 5.26 Å². The standard InChI is InChI=1S/C15H19N3O2/c1-20-13-7-4-11(9-16)14(8-13)18-12-5-2-10(3-6-12)15(17)19/h4,7-8,10,12,18H,2-3,5-6H2,1H3,(H2,17,19). The van der Waals surface area contributed by atoms with Gasteiger partial charge in [0.25, 0.3) is 0 Å². The van der Waals surface area contributed by atoms with Crippen LogP contribution in [0.2, 0.25) is 0 Å². The molecule has 0 spiro atoms. The zero-order valence-corrected chi connectivity index (χ0v) is 11.6. The SMILES string of the molecule is COc1ccc(C#N)c(NC2CCC(C(N)=O)CC2)c1. The number of rotatable bonds is 4. The second-order valence-corrected chi connectivity index (χ2v) is 5.12. The van der Waals surface area contributed by atoms with Gasteiger partial charge in [0.15, 0.2) is 0 Å². The van der Waals surface area contributed by atoms with Gasteiger partial charge in [-0.3, -0.25) is 4.79 Å². The van der Waals surface area contributed by atoms with Gasteiger partial charge in [-0.15, -0.1) is 0 Å². The monoisotopic (exact) mass is 273 g/mol. The summed E-state index contributed by atoms with van der Waals surface area (Å²) in [6, 6.07) is 7.79. The molecule has 1 amide bonds. The van der Waals surface area contributed by atoms with Crippen molar-refractivity contribution in [2.24, 2.45) is 11.7 Å². The van der Waals surface area contributed by atoms with Crippen LogP contribution in [0.1, 0.15) is 31.2 Å². The predicted octanol–water partition coefficient (Wildman–Crippen LogP) is 2.02. The van der Waals surface area contributed by atoms with Crippen molar-refractivity contribution >= 4 is 11.6 Å². The smallest absolute Gasteiger partial charge is 0.220 e. The minimum absolute atomic E-state index is 0.00574. The molecule has 20 heavy (non-hydrogen) atoms. The fourth-order valence-corrected chi connectivity index (χ4v) is 2.61. The van der Waals surface area contributed by atoms with E-state index in [4.69, 9.17) is 15.7 Å². The number of anilines is 1. The van der Waals surface area contributed by atoms with E-state index in [1.165, 1.54) is 0 Å². The number of hydrogen-bond acceptors (Lipinski definition) is 4. The van der Waals surface area contributed by atoms with Gasteiger partial charge in [-0.05, 0) is 37.8 Å². The third-order valence-electron chi connectivity index (χ3n) is 3.84. The van der Waals surface area contributed by atoms with E-state index >= 15 is 0 Å². The molecular formula is C15H19N3O2. The lowest BCUT2D eigenvalue weighted by Gasteiger charge is -2.28. The van der Waals surface area contributed by atoms with Gasteiger partial charge in [-0.1, -0.05) is 0 Å². The van der Waals surface area contributed by atoms with Crippen LogP contribution < -0.4 is 15.8 Å². The Labute approximate surface area is 118 Å². The number of nitrogens with zero attached hydrogens (tertiary/aromatic N) is 1. The van der Waals surface area contributed by atoms with Crippen molar-refractivity contribution in [1.29, 1.82) is 5.26 Å². The molecule has 5 nitrogen and oxygen atoms in total. The van der Waals surface area contributed by atoms with Crippen LogP contribution >= 0.6 is 0 Å². The number of benzene rings is 1. The summed E-state index contributed by atoms with van der Waals surface area (Å²) in [5.41, 5.74) is 6.72. The summed E-state index contributed by atoms with van der Waals surface area (Å²) in [6.45, 7) is 0. The van der Waals surface area contributed by atoms with E-state index in [0.29, 0.717) is 5.56 Å². The first-order chi connectivity index (χ1) is 9.63. The molecule has 1 aliphatic carbocycles. The van der Waals surface area contributed by atoms with Gasteiger partial charge in [0.1, 0.15) is 11.8 Å². The van der Waals surface area contributed by atoms with Crippen LogP contribution in [-0.2, 0) is 4.79 Å². The molecule has 0 aromatic heterocycles. The van der Waals surface area contributed by atoms with E-state index in [9.17, 15) is 4.79 Å². The highest BCUT2D eigenvalue weighted by Gasteiger charge is 2.25. The van der Waals surface area contributed by atoms with Crippen LogP contribution in [0.3, 0.4) is 0 Å². The molecule has 1 saturated carbocycles. The van der Waals surface area contributed by atoms with Crippen LogP contribution in [0, 0.1) is 17.2 Å². The second kappa shape index (κ2) is 6.29. The van der Waals surface area contributed by atoms with Crippen molar-refractivity contribution in [3.8, 4) is 11.8 Å². The lowest BCUT2D eigenvalue weighted by molar-refractivity contribution is -0.122. The zero-order valence-electron chi connectivity index (χ0n) is 11.6. The Morgan fingerprint density at radius 3 is 2.65 bits per heavy atom. The normalized spacial score (nSPS) is 21.8. The Bertz CT molecular complexity index is 528. The molecule has 0 bridgehead atoms. The van der Waals surface area contributed by atoms with Gasteiger partial charge in [0.2, 0.25) is 5.91 Å². The van der Waals surface area contributed by atoms with Gasteiger partial charge < -0.3 is 15.8 Å². The fraction of sp³-hybridized carbons (Fsp3) is 0.467. The molecule has 0 aliphatic heterocycles. The van der Waals surface area contributed by atoms with E-state index in [-0.39, 0.29) is 17.9 Å². The number of ether oxygens (including phenoxy) is 1. The molecule has 1 fully saturated rings. The number of carbonyl (C=O) groups excluding carboxylic acids is 1. The van der Waals surface area contributed by atoms with Crippen molar-refractivity contribution in [3.05, 3.63) is 23.8 Å². The number of amides is 1. The Morgan fingerprint density at radius 1 is 1.40 bits per heavy atom. The molecule has 0 unspecified atom stereocenters. The Kier molecular flexibility index (Phi) is 4.46. The molecule has 0 radical (unpaired) electrons. The van der Waals surface area contributed by atoms with E-state index in [1.54, 1.807) is 19.2 Å². The highest BCUT2D eigenvalue weighted by Crippen LogP contribution is 2.29. The molecule has 2 rings (SSSR count). The molecular weight excluding hydrogens is 254 g/mol. The van der Waals surface area contributed by atoms with Gasteiger partial charge in [-0.25, -0.2) is 0 Å². The summed E-state index contributed by atoms with van der Waals surface area (Å²) in [7, 11) is 1.60. The lowest BCUT2D eigenvalue weighted by Crippen LogP contribution is -2.32. The molecule has 1 aliphatic rings. The molecule has 0 saturated heterocycles. The molecule has 0 heterocycles. The van der Waals surface area contributed by atoms with Gasteiger partial charge in [0.05, 0.1) is 18.4 Å². The number of hydrogen-bond donors (Lipinski definition) is 2. The van der Waals surface area contributed by atoms with Crippen LogP contribution in [0.15, 0.2) is 18.2 Å². The van der Waals surface area contributed by atoms with Crippen molar-refractivity contribution in [3.63, 3.8) is 0 Å². The molecule has 106 valence electrons. The third kappa shape index (κ3) is 3.21. The van der Waals surface area contributed by atoms with Crippen molar-refractivity contribution in [2.45, 2.75) is 31.7 Å². The number of carbonyl (C=O) groups is 1. The fourth-order valence-electron chi connectivity index (χ4n) is 2.61. The summed E-state index contributed by atoms with van der Waals surface area (Å²) in [5.74, 6) is 0.508. The minimum Gasteiger partial charge on any atom is -0.497 e. The highest BCUT2D eigenvalue weighted by atomic mass is 16.5. The summed E-state index contributed by atoms with van der Waals surface area (Å²) < 4.78 is 5.18. The number of primary amides is 1. The molecule has 3 N–H and O–H groups in total. The van der Waals surface area contributed by atoms with Crippen molar-refractivity contribution < 1.29 is 9.53 Å². The van der Waals surface area contributed by atoms with Gasteiger partial charge in [0, 0.05) is 18.0 Å². The zero-order chi connectivity index (χ0) is 14.5. The summed E-state index contributed by atoms with van der Waals surface area (Å²) in [4.78, 5) is 11.1. The first-order valence-corrected chi connectivity index (χ1v) is 6.78. The number of nitriles is 1. The summed E-state index contributed by atoms with van der Waals surface area (Å²) >= 11 is 0. The Morgan fingerprint density at radius 2 is 2.10 bits per heavy atom. The first-order valence-electron chi connectivity index (χ1n) is 6.78. The lowest BCUT2D eigenvalue weighted by atomic mass is 9.85. The first kappa shape index (κ1) is 14.2. The number of methoxy groups -OCH3 is 1. The van der Waals surface area contributed by atoms with E-state index in [0.717, 1.165) is 37.1 Å². The highest BCUT2D eigenvalue weighted by molar-refractivity contribution is 5.76. The average molecular weight is 273 g/mol. The Hall–Kier alpha value is -2.22. The molecule has 1 aromatic carbocycles. The quantitative estimate of drug-likeness (QED) is 0.878. The second-order valence-electron chi connectivity index (χ2n) is 5.12. The van der Waals surface area contributed by atoms with Crippen LogP contribution in [-0.4, -0.2) is 19.1 Å².